The van der Waals surface area contributed by atoms with Crippen molar-refractivity contribution < 1.29 is 32.6 Å². The van der Waals surface area contributed by atoms with E-state index in [9.17, 15) is 14.0 Å². The lowest BCUT2D eigenvalue weighted by Gasteiger charge is -2.37. The number of rotatable bonds is 8. The molecule has 2 aliphatic carbocycles. The number of hydrogen-bond donors (Lipinski definition) is 3. The van der Waals surface area contributed by atoms with Crippen molar-refractivity contribution in [2.75, 3.05) is 6.61 Å². The normalized spacial score (nSPS) is 36.8. The molecule has 0 amide bonds. The molecule has 2 fully saturated rings. The Morgan fingerprint density at radius 1 is 1.24 bits per heavy atom. The van der Waals surface area contributed by atoms with Crippen LogP contribution in [0.2, 0.25) is 0 Å². The van der Waals surface area contributed by atoms with Crippen molar-refractivity contribution in [3.8, 4) is 0 Å². The van der Waals surface area contributed by atoms with Crippen molar-refractivity contribution in [1.82, 2.24) is 0 Å². The number of fused-ring (bicyclic) bond motifs is 1. The van der Waals surface area contributed by atoms with Gasteiger partial charge in [0.25, 0.3) is 0 Å². The van der Waals surface area contributed by atoms with E-state index in [2.05, 4.69) is 36.5 Å². The van der Waals surface area contributed by atoms with E-state index in [0.29, 0.717) is 16.7 Å². The average molecular weight is 396 g/mol. The monoisotopic (exact) mass is 396 g/mol. The summed E-state index contributed by atoms with van der Waals surface area (Å²) < 4.78 is 30.3. The Morgan fingerprint density at radius 3 is 2.32 bits per heavy atom. The van der Waals surface area contributed by atoms with Gasteiger partial charge in [-0.2, -0.15) is 4.31 Å². The van der Waals surface area contributed by atoms with Crippen LogP contribution < -0.4 is 0 Å². The molecule has 2 aliphatic rings. The molecule has 2 rings (SSSR count). The Bertz CT molecular complexity index is 638. The van der Waals surface area contributed by atoms with Gasteiger partial charge in [-0.25, -0.2) is 9.13 Å². The Balaban J connectivity index is 1.84. The van der Waals surface area contributed by atoms with E-state index in [0.717, 1.165) is 30.3 Å². The molecule has 0 aromatic carbocycles. The number of phosphoric acid groups is 2. The molecular formula is C16H30O7P2. The molecule has 9 heteroatoms. The molecule has 0 radical (unpaired) electrons. The van der Waals surface area contributed by atoms with Crippen LogP contribution in [0.25, 0.3) is 0 Å². The lowest BCUT2D eigenvalue weighted by atomic mass is 9.68. The van der Waals surface area contributed by atoms with Gasteiger partial charge in [0.15, 0.2) is 0 Å². The van der Waals surface area contributed by atoms with Crippen LogP contribution in [0.1, 0.15) is 53.9 Å². The summed E-state index contributed by atoms with van der Waals surface area (Å²) in [5, 5.41) is 0. The molecule has 2 saturated carbocycles. The molecule has 0 aliphatic heterocycles. The van der Waals surface area contributed by atoms with E-state index in [1.54, 1.807) is 6.08 Å². The maximum Gasteiger partial charge on any atom is 0.481 e. The minimum Gasteiger partial charge on any atom is -0.302 e. The fourth-order valence-electron chi connectivity index (χ4n) is 4.86. The van der Waals surface area contributed by atoms with Crippen LogP contribution >= 0.6 is 15.6 Å². The van der Waals surface area contributed by atoms with Crippen LogP contribution in [0.3, 0.4) is 0 Å². The van der Waals surface area contributed by atoms with Crippen LogP contribution in [0.5, 0.6) is 0 Å². The van der Waals surface area contributed by atoms with Crippen molar-refractivity contribution in [2.24, 2.45) is 28.6 Å². The second-order valence-corrected chi connectivity index (χ2v) is 11.2. The van der Waals surface area contributed by atoms with Gasteiger partial charge in [-0.1, -0.05) is 39.3 Å². The largest absolute Gasteiger partial charge is 0.481 e. The van der Waals surface area contributed by atoms with Crippen LogP contribution in [0, 0.1) is 28.6 Å². The first-order valence-corrected chi connectivity index (χ1v) is 11.6. The fraction of sp³-hybridized carbons (Fsp3) is 0.875. The predicted molar refractivity (Wildman–Crippen MR) is 94.5 cm³/mol. The maximum atomic E-state index is 11.4. The molecule has 0 heterocycles. The van der Waals surface area contributed by atoms with E-state index in [4.69, 9.17) is 9.79 Å². The third-order valence-corrected chi connectivity index (χ3v) is 8.68. The van der Waals surface area contributed by atoms with E-state index in [1.807, 2.05) is 6.92 Å². The molecule has 25 heavy (non-hydrogen) atoms. The average Bonchev–Trinajstić information content (AvgIpc) is 3.03. The Labute approximate surface area is 149 Å². The molecule has 0 aromatic rings. The number of phosphoric ester groups is 1. The molecule has 0 aromatic heterocycles. The van der Waals surface area contributed by atoms with E-state index in [1.165, 1.54) is 6.42 Å². The van der Waals surface area contributed by atoms with Gasteiger partial charge in [0.1, 0.15) is 0 Å². The van der Waals surface area contributed by atoms with Crippen molar-refractivity contribution in [1.29, 1.82) is 0 Å². The van der Waals surface area contributed by atoms with E-state index >= 15 is 0 Å². The number of allylic oxidation sites excluding steroid dienone is 1. The third kappa shape index (κ3) is 4.84. The van der Waals surface area contributed by atoms with Crippen molar-refractivity contribution in [3.63, 3.8) is 0 Å². The summed E-state index contributed by atoms with van der Waals surface area (Å²) in [6, 6.07) is 0. The van der Waals surface area contributed by atoms with Crippen LogP contribution in [0.15, 0.2) is 11.6 Å². The lowest BCUT2D eigenvalue weighted by Crippen LogP contribution is -2.29. The van der Waals surface area contributed by atoms with Gasteiger partial charge >= 0.3 is 15.6 Å². The summed E-state index contributed by atoms with van der Waals surface area (Å²) in [7, 11) is -9.83. The molecule has 3 unspecified atom stereocenters. The SMILES string of the molecule is C/C(=C/COP(=O)(O)OP(=O)(O)O)CC[C@@H]1C2(C)CC2[C@H](C)C1(C)C. The van der Waals surface area contributed by atoms with Gasteiger partial charge in [-0.05, 0) is 54.8 Å². The van der Waals surface area contributed by atoms with E-state index < -0.39 is 15.6 Å². The highest BCUT2D eigenvalue weighted by Gasteiger charge is 2.68. The third-order valence-electron chi connectivity index (χ3n) is 6.52. The fourth-order valence-corrected chi connectivity index (χ4v) is 6.38. The highest BCUT2D eigenvalue weighted by Crippen LogP contribution is 2.75. The predicted octanol–water partition coefficient (Wildman–Crippen LogP) is 4.26. The Kier molecular flexibility index (Phi) is 5.85. The second-order valence-electron chi connectivity index (χ2n) is 8.40. The molecule has 5 atom stereocenters. The summed E-state index contributed by atoms with van der Waals surface area (Å²) in [5.74, 6) is 2.19. The molecule has 3 N–H and O–H groups in total. The highest BCUT2D eigenvalue weighted by molar-refractivity contribution is 7.60. The maximum absolute atomic E-state index is 11.4. The zero-order valence-corrected chi connectivity index (χ0v) is 17.3. The smallest absolute Gasteiger partial charge is 0.302 e. The van der Waals surface area contributed by atoms with Crippen LogP contribution in [-0.4, -0.2) is 21.3 Å². The topological polar surface area (TPSA) is 113 Å². The highest BCUT2D eigenvalue weighted by atomic mass is 31.3. The summed E-state index contributed by atoms with van der Waals surface area (Å²) in [6.45, 7) is 11.1. The quantitative estimate of drug-likeness (QED) is 0.415. The molecule has 0 bridgehead atoms. The van der Waals surface area contributed by atoms with Crippen molar-refractivity contribution in [2.45, 2.75) is 53.9 Å². The zero-order chi connectivity index (χ0) is 19.3. The standard InChI is InChI=1S/C16H30O7P2/c1-11(8-9-22-25(20,21)23-24(17,18)19)6-7-14-15(3,4)12(2)13-10-16(13,14)5/h8,12-14H,6-7,9-10H2,1-5H3,(H,20,21)(H2,17,18,19)/b11-8-/t12-,13?,14-,16?/m0/s1. The number of hydrogen-bond acceptors (Lipinski definition) is 4. The van der Waals surface area contributed by atoms with Gasteiger partial charge in [0.05, 0.1) is 6.61 Å². The van der Waals surface area contributed by atoms with Gasteiger partial charge in [-0.15, -0.1) is 0 Å². The Hall–Kier alpha value is -0.0000000000000000416. The van der Waals surface area contributed by atoms with Crippen molar-refractivity contribution >= 4 is 15.6 Å². The first-order valence-electron chi connectivity index (χ1n) is 8.59. The first kappa shape index (κ1) is 21.3. The summed E-state index contributed by atoms with van der Waals surface area (Å²) >= 11 is 0. The van der Waals surface area contributed by atoms with Gasteiger partial charge in [0, 0.05) is 0 Å². The summed E-state index contributed by atoms with van der Waals surface area (Å²) in [4.78, 5) is 26.3. The van der Waals surface area contributed by atoms with Gasteiger partial charge < -0.3 is 14.7 Å². The summed E-state index contributed by atoms with van der Waals surface area (Å²) in [6.07, 6.45) is 4.88. The summed E-state index contributed by atoms with van der Waals surface area (Å²) in [5.41, 5.74) is 1.77. The minimum atomic E-state index is -5.07. The van der Waals surface area contributed by atoms with Crippen LogP contribution in [0.4, 0.5) is 0 Å². The first-order chi connectivity index (χ1) is 11.2. The van der Waals surface area contributed by atoms with Gasteiger partial charge in [-0.3, -0.25) is 4.52 Å². The minimum absolute atomic E-state index is 0.232. The zero-order valence-electron chi connectivity index (χ0n) is 15.5. The molecule has 146 valence electrons. The Morgan fingerprint density at radius 2 is 1.84 bits per heavy atom. The molecule has 0 spiro atoms. The molecule has 7 nitrogen and oxygen atoms in total. The molecule has 0 saturated heterocycles. The molecular weight excluding hydrogens is 366 g/mol. The van der Waals surface area contributed by atoms with Crippen LogP contribution in [-0.2, 0) is 18.0 Å². The lowest BCUT2D eigenvalue weighted by molar-refractivity contribution is 0.125. The second kappa shape index (κ2) is 6.87. The van der Waals surface area contributed by atoms with Crippen molar-refractivity contribution in [3.05, 3.63) is 11.6 Å². The van der Waals surface area contributed by atoms with E-state index in [-0.39, 0.29) is 6.61 Å². The van der Waals surface area contributed by atoms with Gasteiger partial charge in [0.2, 0.25) is 0 Å².